The monoisotopic (exact) mass is 718 g/mol. The Kier molecular flexibility index (Phi) is 19.0. The van der Waals surface area contributed by atoms with Gasteiger partial charge in [0, 0.05) is 31.9 Å². The van der Waals surface area contributed by atoms with Gasteiger partial charge in [-0.3, -0.25) is 17.9 Å². The fraction of sp³-hybridized carbons (Fsp3) is 0.621. The maximum atomic E-state index is 13.3. The molecule has 1 unspecified atom stereocenters. The van der Waals surface area contributed by atoms with Crippen molar-refractivity contribution in [1.29, 1.82) is 0 Å². The van der Waals surface area contributed by atoms with Gasteiger partial charge in [-0.25, -0.2) is 9.59 Å². The first-order valence-electron chi connectivity index (χ1n) is 14.6. The highest BCUT2D eigenvalue weighted by molar-refractivity contribution is 14.1. The van der Waals surface area contributed by atoms with E-state index in [1.807, 2.05) is 13.8 Å². The fourth-order valence-corrected chi connectivity index (χ4v) is 4.13. The first kappa shape index (κ1) is 37.9. The number of hydrogen-bond donors (Lipinski definition) is 6. The number of nitrogens with one attached hydrogen (secondary N) is 5. The number of rotatable bonds is 20. The molecule has 0 aromatic heterocycles. The number of ether oxygens (including phenoxy) is 2. The zero-order valence-electron chi connectivity index (χ0n) is 25.5. The van der Waals surface area contributed by atoms with Gasteiger partial charge >= 0.3 is 12.1 Å². The maximum absolute atomic E-state index is 13.3. The summed E-state index contributed by atoms with van der Waals surface area (Å²) in [6.07, 6.45) is 2.78. The van der Waals surface area contributed by atoms with E-state index in [1.54, 1.807) is 47.1 Å². The number of carbonyl (C=O) groups is 5. The van der Waals surface area contributed by atoms with E-state index in [0.29, 0.717) is 31.1 Å². The van der Waals surface area contributed by atoms with Gasteiger partial charge in [0.25, 0.3) is 0 Å². The van der Waals surface area contributed by atoms with Crippen LogP contribution in [0.2, 0.25) is 0 Å². The number of primary amides is 1. The Labute approximate surface area is 268 Å². The SMILES string of the molecule is CCCOCCC(C)CCC(=O)N[C@H](C(=O)N[C@@H](CCCNC(N)=O)C(=O)Nc1ccc(COC(=O)NI)cc1)C(C)C. The molecular formula is C29H47IN6O7. The Morgan fingerprint density at radius 2 is 1.63 bits per heavy atom. The number of halogens is 1. The summed E-state index contributed by atoms with van der Waals surface area (Å²) in [4.78, 5) is 61.6. The van der Waals surface area contributed by atoms with Crippen molar-refractivity contribution in [3.8, 4) is 0 Å². The third kappa shape index (κ3) is 16.9. The van der Waals surface area contributed by atoms with Crippen LogP contribution in [0, 0.1) is 11.8 Å². The number of urea groups is 1. The summed E-state index contributed by atoms with van der Waals surface area (Å²) in [6, 6.07) is 4.23. The van der Waals surface area contributed by atoms with Crippen LogP contribution in [-0.4, -0.2) is 61.7 Å². The van der Waals surface area contributed by atoms with Crippen LogP contribution in [-0.2, 0) is 30.5 Å². The van der Waals surface area contributed by atoms with Crippen molar-refractivity contribution in [1.82, 2.24) is 19.5 Å². The molecule has 6 amide bonds. The Morgan fingerprint density at radius 1 is 0.930 bits per heavy atom. The van der Waals surface area contributed by atoms with Gasteiger partial charge in [-0.15, -0.1) is 0 Å². The van der Waals surface area contributed by atoms with Gasteiger partial charge in [0.15, 0.2) is 0 Å². The molecule has 242 valence electrons. The Bertz CT molecular complexity index is 1030. The van der Waals surface area contributed by atoms with Crippen molar-refractivity contribution in [2.75, 3.05) is 25.1 Å². The lowest BCUT2D eigenvalue weighted by Crippen LogP contribution is -2.54. The fourth-order valence-electron chi connectivity index (χ4n) is 3.97. The van der Waals surface area contributed by atoms with Crippen LogP contribution < -0.4 is 30.5 Å². The third-order valence-corrected chi connectivity index (χ3v) is 6.94. The summed E-state index contributed by atoms with van der Waals surface area (Å²) in [5.41, 5.74) is 6.33. The number of hydrogen-bond acceptors (Lipinski definition) is 7. The molecule has 0 aliphatic heterocycles. The minimum Gasteiger partial charge on any atom is -0.444 e. The predicted molar refractivity (Wildman–Crippen MR) is 172 cm³/mol. The van der Waals surface area contributed by atoms with Crippen molar-refractivity contribution in [2.24, 2.45) is 17.6 Å². The number of carbonyl (C=O) groups excluding carboxylic acids is 5. The molecule has 1 aromatic carbocycles. The summed E-state index contributed by atoms with van der Waals surface area (Å²) in [5.74, 6) is -1.11. The lowest BCUT2D eigenvalue weighted by Gasteiger charge is -2.25. The van der Waals surface area contributed by atoms with Gasteiger partial charge in [0.1, 0.15) is 18.7 Å². The van der Waals surface area contributed by atoms with Crippen LogP contribution in [0.3, 0.4) is 0 Å². The molecule has 0 spiro atoms. The van der Waals surface area contributed by atoms with Gasteiger partial charge in [0.05, 0.1) is 22.9 Å². The summed E-state index contributed by atoms with van der Waals surface area (Å²) in [7, 11) is 0. The standard InChI is InChI=1S/C29H47IN6O7/c1-5-16-42-17-14-20(4)8-13-24(37)35-25(19(2)3)27(39)34-23(7-6-15-32-28(31)40)26(38)33-22-11-9-21(10-12-22)18-43-29(41)36-30/h9-12,19-20,23,25H,5-8,13-18H2,1-4H3,(H,33,38)(H,34,39)(H,35,37)(H,36,41)(H3,31,32,40)/t20?,23-,25-/m0/s1. The first-order chi connectivity index (χ1) is 20.5. The predicted octanol–water partition coefficient (Wildman–Crippen LogP) is 3.51. The highest BCUT2D eigenvalue weighted by Gasteiger charge is 2.29. The first-order valence-corrected chi connectivity index (χ1v) is 15.7. The second-order valence-corrected chi connectivity index (χ2v) is 11.2. The third-order valence-electron chi connectivity index (χ3n) is 6.50. The van der Waals surface area contributed by atoms with Crippen molar-refractivity contribution in [3.05, 3.63) is 29.8 Å². The van der Waals surface area contributed by atoms with Crippen LogP contribution >= 0.6 is 22.9 Å². The number of nitrogens with two attached hydrogens (primary N) is 1. The van der Waals surface area contributed by atoms with Crippen molar-refractivity contribution < 1.29 is 33.4 Å². The molecule has 0 radical (unpaired) electrons. The smallest absolute Gasteiger partial charge is 0.416 e. The molecule has 0 fully saturated rings. The Hall–Kier alpha value is -3.14. The van der Waals surface area contributed by atoms with Crippen LogP contribution in [0.1, 0.15) is 71.8 Å². The van der Waals surface area contributed by atoms with E-state index in [9.17, 15) is 24.0 Å². The molecule has 1 rings (SSSR count). The molecule has 0 heterocycles. The summed E-state index contributed by atoms with van der Waals surface area (Å²) < 4.78 is 12.9. The molecule has 43 heavy (non-hydrogen) atoms. The Morgan fingerprint density at radius 3 is 2.23 bits per heavy atom. The molecule has 13 nitrogen and oxygen atoms in total. The minimum atomic E-state index is -0.946. The van der Waals surface area contributed by atoms with Crippen LogP contribution in [0.15, 0.2) is 24.3 Å². The van der Waals surface area contributed by atoms with Crippen LogP contribution in [0.4, 0.5) is 15.3 Å². The van der Waals surface area contributed by atoms with E-state index in [-0.39, 0.29) is 37.8 Å². The lowest BCUT2D eigenvalue weighted by molar-refractivity contribution is -0.132. The quantitative estimate of drug-likeness (QED) is 0.0676. The molecule has 0 aliphatic rings. The maximum Gasteiger partial charge on any atom is 0.416 e. The topological polar surface area (TPSA) is 190 Å². The summed E-state index contributed by atoms with van der Waals surface area (Å²) >= 11 is 1.68. The van der Waals surface area contributed by atoms with E-state index in [0.717, 1.165) is 25.0 Å². The average Bonchev–Trinajstić information content (AvgIpc) is 2.97. The highest BCUT2D eigenvalue weighted by Crippen LogP contribution is 2.14. The Balaban J connectivity index is 2.82. The van der Waals surface area contributed by atoms with E-state index < -0.39 is 36.0 Å². The zero-order chi connectivity index (χ0) is 32.2. The molecular weight excluding hydrogens is 671 g/mol. The van der Waals surface area contributed by atoms with Gasteiger partial charge in [-0.1, -0.05) is 39.8 Å². The minimum absolute atomic E-state index is 0.0587. The zero-order valence-corrected chi connectivity index (χ0v) is 27.7. The second kappa shape index (κ2) is 21.5. The van der Waals surface area contributed by atoms with Crippen LogP contribution in [0.5, 0.6) is 0 Å². The number of amides is 6. The average molecular weight is 719 g/mol. The van der Waals surface area contributed by atoms with Crippen molar-refractivity contribution >= 4 is 58.4 Å². The largest absolute Gasteiger partial charge is 0.444 e. The highest BCUT2D eigenvalue weighted by atomic mass is 127. The molecule has 3 atom stereocenters. The summed E-state index contributed by atoms with van der Waals surface area (Å²) in [5, 5.41) is 10.9. The van der Waals surface area contributed by atoms with Gasteiger partial charge in [-0.05, 0) is 61.6 Å². The molecule has 0 bridgehead atoms. The van der Waals surface area contributed by atoms with E-state index in [4.69, 9.17) is 15.2 Å². The molecule has 1 aromatic rings. The van der Waals surface area contributed by atoms with Crippen molar-refractivity contribution in [3.63, 3.8) is 0 Å². The van der Waals surface area contributed by atoms with E-state index >= 15 is 0 Å². The molecule has 0 aliphatic carbocycles. The molecule has 14 heteroatoms. The van der Waals surface area contributed by atoms with E-state index in [1.165, 1.54) is 0 Å². The second-order valence-electron chi connectivity index (χ2n) is 10.7. The van der Waals surface area contributed by atoms with Crippen molar-refractivity contribution in [2.45, 2.75) is 84.9 Å². The lowest BCUT2D eigenvalue weighted by atomic mass is 9.99. The van der Waals surface area contributed by atoms with Gasteiger partial charge < -0.3 is 36.5 Å². The normalized spacial score (nSPS) is 12.9. The van der Waals surface area contributed by atoms with E-state index in [2.05, 4.69) is 38.6 Å². The summed E-state index contributed by atoms with van der Waals surface area (Å²) in [6.45, 7) is 9.42. The molecule has 0 saturated heterocycles. The number of benzene rings is 1. The van der Waals surface area contributed by atoms with Gasteiger partial charge in [0.2, 0.25) is 17.7 Å². The van der Waals surface area contributed by atoms with Gasteiger partial charge in [-0.2, -0.15) is 0 Å². The number of anilines is 1. The molecule has 7 N–H and O–H groups in total. The van der Waals surface area contributed by atoms with Crippen LogP contribution in [0.25, 0.3) is 0 Å². The molecule has 0 saturated carbocycles.